The number of halogens is 3. The van der Waals surface area contributed by atoms with Gasteiger partial charge in [-0.15, -0.1) is 0 Å². The van der Waals surface area contributed by atoms with Crippen molar-refractivity contribution >= 4 is 91.9 Å². The van der Waals surface area contributed by atoms with Gasteiger partial charge in [0.25, 0.3) is 0 Å². The van der Waals surface area contributed by atoms with E-state index < -0.39 is 12.2 Å². The molecule has 9 aromatic rings. The number of hydrogen-bond acceptors (Lipinski definition) is 15. The maximum atomic E-state index is 12.8. The van der Waals surface area contributed by atoms with E-state index in [2.05, 4.69) is 49.8 Å². The van der Waals surface area contributed by atoms with Crippen LogP contribution in [0.25, 0.3) is 33.6 Å². The third kappa shape index (κ3) is 11.4. The normalized spacial score (nSPS) is 24.6. The smallest absolute Gasteiger partial charge is 0.407 e. The van der Waals surface area contributed by atoms with Crippen LogP contribution in [0.5, 0.6) is 0 Å². The lowest BCUT2D eigenvalue weighted by Gasteiger charge is -2.28. The Balaban J connectivity index is 0.000000158. The summed E-state index contributed by atoms with van der Waals surface area (Å²) >= 11 is 15.3. The number of carboxylic acid groups (broad SMARTS) is 1. The molecule has 8 unspecified atom stereocenters. The number of carbonyl (C=O) groups is 2. The number of carbonyl (C=O) groups excluding carboxylic acids is 1. The molecule has 4 aliphatic heterocycles. The summed E-state index contributed by atoms with van der Waals surface area (Å²) in [6, 6.07) is 29.1. The fourth-order valence-electron chi connectivity index (χ4n) is 14.6. The summed E-state index contributed by atoms with van der Waals surface area (Å²) in [5.74, 6) is 2.84. The Morgan fingerprint density at radius 1 is 0.685 bits per heavy atom. The van der Waals surface area contributed by atoms with Gasteiger partial charge in [0.05, 0.1) is 33.8 Å². The molecular formula is C64H69Cl2IN16O6. The number of anilines is 2. The highest BCUT2D eigenvalue weighted by Gasteiger charge is 2.69. The number of benzene rings is 3. The summed E-state index contributed by atoms with van der Waals surface area (Å²) in [7, 11) is 3.84. The number of alkyl carbamates (subject to hydrolysis) is 1. The molecule has 6 aliphatic rings. The number of fused-ring (bicyclic) bond motifs is 4. The Labute approximate surface area is 538 Å². The highest BCUT2D eigenvalue weighted by Crippen LogP contribution is 2.64. The van der Waals surface area contributed by atoms with E-state index in [1.165, 1.54) is 0 Å². The van der Waals surface area contributed by atoms with Gasteiger partial charge in [-0.3, -0.25) is 9.36 Å². The number of hydrogen-bond donors (Lipinski definition) is 2. The molecule has 2 saturated carbocycles. The second-order valence-corrected chi connectivity index (χ2v) is 26.1. The van der Waals surface area contributed by atoms with Gasteiger partial charge in [-0.1, -0.05) is 96.0 Å². The van der Waals surface area contributed by atoms with Gasteiger partial charge in [-0.25, -0.2) is 38.9 Å². The largest absolute Gasteiger partial charge is 0.465 e. The van der Waals surface area contributed by atoms with Crippen molar-refractivity contribution in [1.29, 1.82) is 0 Å². The lowest BCUT2D eigenvalue weighted by Crippen LogP contribution is -2.38. The van der Waals surface area contributed by atoms with Crippen molar-refractivity contribution in [2.24, 2.45) is 37.8 Å². The first kappa shape index (κ1) is 59.2. The van der Waals surface area contributed by atoms with Gasteiger partial charge in [-0.2, -0.15) is 20.4 Å². The molecule has 6 fully saturated rings. The molecule has 8 atom stereocenters. The van der Waals surface area contributed by atoms with Crippen LogP contribution in [-0.2, 0) is 52.3 Å². The number of rotatable bonds is 15. The predicted octanol–water partition coefficient (Wildman–Crippen LogP) is 11.0. The number of piperidine rings is 2. The molecule has 3 aromatic carbocycles. The van der Waals surface area contributed by atoms with E-state index in [-0.39, 0.29) is 41.7 Å². The molecule has 0 spiro atoms. The van der Waals surface area contributed by atoms with E-state index >= 15 is 0 Å². The first-order valence-corrected chi connectivity index (χ1v) is 32.5. The molecule has 4 saturated heterocycles. The van der Waals surface area contributed by atoms with Gasteiger partial charge in [0.1, 0.15) is 35.0 Å². The molecule has 0 radical (unpaired) electrons. The van der Waals surface area contributed by atoms with Gasteiger partial charge in [0.2, 0.25) is 0 Å². The molecule has 2 N–H and O–H groups in total. The summed E-state index contributed by atoms with van der Waals surface area (Å²) in [4.78, 5) is 51.4. The molecule has 10 heterocycles. The quantitative estimate of drug-likeness (QED) is 0.0910. The van der Waals surface area contributed by atoms with E-state index in [9.17, 15) is 14.7 Å². The summed E-state index contributed by atoms with van der Waals surface area (Å²) < 4.78 is 26.0. The van der Waals surface area contributed by atoms with Gasteiger partial charge in [0, 0.05) is 102 Å². The van der Waals surface area contributed by atoms with Crippen LogP contribution in [0.3, 0.4) is 0 Å². The van der Waals surface area contributed by atoms with Crippen LogP contribution in [0, 0.1) is 27.4 Å². The number of aromatic nitrogens is 12. The van der Waals surface area contributed by atoms with Crippen molar-refractivity contribution in [2.45, 2.75) is 87.8 Å². The minimum absolute atomic E-state index is 0.114. The Bertz CT molecular complexity index is 4040. The average Bonchev–Trinajstić information content (AvgIpc) is 1.54. The first-order chi connectivity index (χ1) is 43.4. The minimum Gasteiger partial charge on any atom is -0.465 e. The molecule has 0 bridgehead atoms. The third-order valence-corrected chi connectivity index (χ3v) is 20.7. The monoisotopic (exact) mass is 1350 g/mol. The van der Waals surface area contributed by atoms with Crippen molar-refractivity contribution in [2.75, 3.05) is 62.3 Å². The lowest BCUT2D eigenvalue weighted by atomic mass is 9.95. The van der Waals surface area contributed by atoms with Gasteiger partial charge >= 0.3 is 12.2 Å². The van der Waals surface area contributed by atoms with Crippen LogP contribution in [0.4, 0.5) is 21.2 Å². The van der Waals surface area contributed by atoms with Crippen molar-refractivity contribution in [1.82, 2.24) is 69.3 Å². The van der Waals surface area contributed by atoms with E-state index in [0.29, 0.717) is 70.5 Å². The van der Waals surface area contributed by atoms with Gasteiger partial charge in [-0.05, 0) is 127 Å². The Hall–Kier alpha value is -7.45. The topological polar surface area (TPSA) is 227 Å². The Kier molecular flexibility index (Phi) is 16.5. The number of nitrogens with one attached hydrogen (secondary N) is 1. The van der Waals surface area contributed by atoms with Crippen molar-refractivity contribution < 1.29 is 28.9 Å². The van der Waals surface area contributed by atoms with Crippen LogP contribution in [0.15, 0.2) is 116 Å². The fourth-order valence-corrected chi connectivity index (χ4v) is 15.6. The fraction of sp³-hybridized carbons (Fsp3) is 0.438. The highest BCUT2D eigenvalue weighted by molar-refractivity contribution is 14.1. The summed E-state index contributed by atoms with van der Waals surface area (Å²) in [6.07, 6.45) is 13.8. The van der Waals surface area contributed by atoms with Crippen molar-refractivity contribution in [3.63, 3.8) is 0 Å². The summed E-state index contributed by atoms with van der Waals surface area (Å²) in [6.45, 7) is 5.98. The van der Waals surface area contributed by atoms with E-state index in [4.69, 9.17) is 77.7 Å². The molecule has 89 heavy (non-hydrogen) atoms. The molecule has 462 valence electrons. The molecule has 2 amide bonds. The maximum absolute atomic E-state index is 12.8. The molecule has 25 heteroatoms. The molecule has 6 aromatic heterocycles. The zero-order valence-electron chi connectivity index (χ0n) is 49.5. The average molecular weight is 1360 g/mol. The van der Waals surface area contributed by atoms with Crippen LogP contribution in [0.2, 0.25) is 10.0 Å². The number of ether oxygens (including phenoxy) is 3. The first-order valence-electron chi connectivity index (χ1n) is 30.7. The second-order valence-electron chi connectivity index (χ2n) is 24.3. The van der Waals surface area contributed by atoms with Crippen LogP contribution in [-0.4, -0.2) is 134 Å². The van der Waals surface area contributed by atoms with Crippen LogP contribution < -0.4 is 15.1 Å². The maximum Gasteiger partial charge on any atom is 0.407 e. The second kappa shape index (κ2) is 24.7. The summed E-state index contributed by atoms with van der Waals surface area (Å²) in [5, 5.41) is 33.5. The predicted molar refractivity (Wildman–Crippen MR) is 343 cm³/mol. The Morgan fingerprint density at radius 3 is 1.85 bits per heavy atom. The molecule has 22 nitrogen and oxygen atoms in total. The minimum atomic E-state index is -0.909. The van der Waals surface area contributed by atoms with E-state index in [0.717, 1.165) is 133 Å². The van der Waals surface area contributed by atoms with Gasteiger partial charge < -0.3 is 39.3 Å². The van der Waals surface area contributed by atoms with Crippen molar-refractivity contribution in [3.05, 3.63) is 152 Å². The van der Waals surface area contributed by atoms with Gasteiger partial charge in [0.15, 0.2) is 27.5 Å². The zero-order chi connectivity index (χ0) is 61.0. The standard InChI is InChI=1S/C35H36Cl2N8O3.C29H33IN8O3/c1-43-15-14-27(41-43)35(21-39-34(46)48-20-22-8-3-2-4-9-22)24-13-16-44(19-25(24)35)28-18-38-32-31(23-10-7-11-26(36)30(23)37)42-45(33(32)40-28)29-12-5-6-17-47-29;1-35-12-11-22(33-35)29(18-37(28(39)40)16-19-7-3-2-4-8-19)20-10-13-36(17-21(20)29)23-15-31-25-26(30)34-38(27(25)32-23)24-9-5-6-14-41-24/h2-4,7-11,14-15,18,24-25,29H,5-6,12-13,16-17,19-21H2,1H3,(H,39,46);2-4,7-8,11-12,15,20-21,24H,5-6,9-10,13-14,16-18H2,1H3,(H,39,40). The third-order valence-electron chi connectivity index (χ3n) is 19.2. The number of aryl methyl sites for hydroxylation is 2. The number of amides is 2. The SMILES string of the molecule is Cn1ccc(C2(CN(Cc3ccccc3)C(=O)O)C3CCN(c4cnc5c(I)nn(C6CCCCO6)c5n4)CC32)n1.Cn1ccc(C2(CNC(=O)OCc3ccccc3)C3CCN(c4cnc5c(-c6cccc(Cl)c6Cl)nn(C6CCCCO6)c5n4)CC32)n1. The summed E-state index contributed by atoms with van der Waals surface area (Å²) in [5.41, 5.74) is 7.45. The van der Waals surface area contributed by atoms with E-state index in [1.54, 1.807) is 11.0 Å². The lowest BCUT2D eigenvalue weighted by molar-refractivity contribution is -0.0372. The Morgan fingerprint density at radius 2 is 1.26 bits per heavy atom. The van der Waals surface area contributed by atoms with Crippen LogP contribution in [0.1, 0.15) is 86.3 Å². The highest BCUT2D eigenvalue weighted by atomic mass is 127. The molecular weight excluding hydrogens is 1290 g/mol. The zero-order valence-corrected chi connectivity index (χ0v) is 53.2. The molecule has 2 aliphatic carbocycles. The number of nitrogens with zero attached hydrogens (tertiary/aromatic N) is 15. The molecule has 15 rings (SSSR count). The van der Waals surface area contributed by atoms with Crippen LogP contribution >= 0.6 is 45.8 Å². The van der Waals surface area contributed by atoms with E-state index in [1.807, 2.05) is 130 Å². The van der Waals surface area contributed by atoms with Crippen molar-refractivity contribution in [3.8, 4) is 11.3 Å².